The number of nitrogens with zero attached hydrogens (tertiary/aromatic N) is 1. The van der Waals surface area contributed by atoms with E-state index in [1.807, 2.05) is 0 Å². The molecule has 0 bridgehead atoms. The van der Waals surface area contributed by atoms with Gasteiger partial charge in [-0.1, -0.05) is 23.8 Å². The van der Waals surface area contributed by atoms with E-state index >= 15 is 0 Å². The molecular weight excluding hydrogens is 222 g/mol. The SMILES string of the molecule is Cc1ccc(C(CO)C2CCN(C)CC2)c(C)c1. The third-order valence-electron chi connectivity index (χ3n) is 4.35. The quantitative estimate of drug-likeness (QED) is 0.888. The van der Waals surface area contributed by atoms with Gasteiger partial charge in [0, 0.05) is 5.92 Å². The molecule has 1 aliphatic rings. The summed E-state index contributed by atoms with van der Waals surface area (Å²) in [5, 5.41) is 9.78. The van der Waals surface area contributed by atoms with Crippen LogP contribution in [-0.4, -0.2) is 36.8 Å². The van der Waals surface area contributed by atoms with Crippen molar-refractivity contribution in [1.29, 1.82) is 0 Å². The second-order valence-electron chi connectivity index (χ2n) is 5.79. The fourth-order valence-corrected chi connectivity index (χ4v) is 3.17. The summed E-state index contributed by atoms with van der Waals surface area (Å²) >= 11 is 0. The van der Waals surface area contributed by atoms with Crippen LogP contribution in [0.1, 0.15) is 35.4 Å². The summed E-state index contributed by atoms with van der Waals surface area (Å²) in [7, 11) is 2.18. The highest BCUT2D eigenvalue weighted by atomic mass is 16.3. The summed E-state index contributed by atoms with van der Waals surface area (Å²) in [6.07, 6.45) is 2.41. The maximum atomic E-state index is 9.78. The van der Waals surface area contributed by atoms with Crippen LogP contribution in [0.25, 0.3) is 0 Å². The van der Waals surface area contributed by atoms with Crippen LogP contribution in [0.3, 0.4) is 0 Å². The van der Waals surface area contributed by atoms with Crippen molar-refractivity contribution in [3.8, 4) is 0 Å². The van der Waals surface area contributed by atoms with Crippen LogP contribution in [-0.2, 0) is 0 Å². The molecule has 100 valence electrons. The van der Waals surface area contributed by atoms with Crippen molar-refractivity contribution in [1.82, 2.24) is 4.90 Å². The van der Waals surface area contributed by atoms with Gasteiger partial charge in [0.25, 0.3) is 0 Å². The first-order valence-electron chi connectivity index (χ1n) is 6.98. The lowest BCUT2D eigenvalue weighted by Crippen LogP contribution is -2.33. The molecule has 2 nitrogen and oxygen atoms in total. The van der Waals surface area contributed by atoms with Crippen molar-refractivity contribution in [2.75, 3.05) is 26.7 Å². The van der Waals surface area contributed by atoms with E-state index in [0.29, 0.717) is 11.8 Å². The summed E-state index contributed by atoms with van der Waals surface area (Å²) in [6.45, 7) is 6.89. The molecule has 0 spiro atoms. The monoisotopic (exact) mass is 247 g/mol. The van der Waals surface area contributed by atoms with Crippen molar-refractivity contribution in [2.45, 2.75) is 32.6 Å². The number of aliphatic hydroxyl groups is 1. The van der Waals surface area contributed by atoms with E-state index in [0.717, 1.165) is 13.1 Å². The highest BCUT2D eigenvalue weighted by Crippen LogP contribution is 2.33. The summed E-state index contributed by atoms with van der Waals surface area (Å²) in [4.78, 5) is 2.38. The lowest BCUT2D eigenvalue weighted by Gasteiger charge is -2.34. The molecule has 1 N–H and O–H groups in total. The summed E-state index contributed by atoms with van der Waals surface area (Å²) in [5.41, 5.74) is 3.97. The molecule has 1 aromatic carbocycles. The molecule has 2 rings (SSSR count). The van der Waals surface area contributed by atoms with Crippen LogP contribution in [0.15, 0.2) is 18.2 Å². The van der Waals surface area contributed by atoms with Crippen LogP contribution < -0.4 is 0 Å². The largest absolute Gasteiger partial charge is 0.396 e. The number of hydrogen-bond acceptors (Lipinski definition) is 2. The van der Waals surface area contributed by atoms with Crippen molar-refractivity contribution in [3.05, 3.63) is 34.9 Å². The molecule has 2 heteroatoms. The predicted octanol–water partition coefficient (Wildman–Crippen LogP) is 2.72. The standard InChI is InChI=1S/C16H25NO/c1-12-4-5-15(13(2)10-12)16(11-18)14-6-8-17(3)9-7-14/h4-5,10,14,16,18H,6-9,11H2,1-3H3. The number of rotatable bonds is 3. The highest BCUT2D eigenvalue weighted by Gasteiger charge is 2.26. The maximum absolute atomic E-state index is 9.78. The van der Waals surface area contributed by atoms with Gasteiger partial charge >= 0.3 is 0 Å². The fourth-order valence-electron chi connectivity index (χ4n) is 3.17. The molecule has 1 heterocycles. The van der Waals surface area contributed by atoms with Gasteiger partial charge in [-0.25, -0.2) is 0 Å². The lowest BCUT2D eigenvalue weighted by atomic mass is 9.79. The second-order valence-corrected chi connectivity index (χ2v) is 5.79. The highest BCUT2D eigenvalue weighted by molar-refractivity contribution is 5.33. The maximum Gasteiger partial charge on any atom is 0.0502 e. The van der Waals surface area contributed by atoms with Crippen molar-refractivity contribution in [2.24, 2.45) is 5.92 Å². The normalized spacial score (nSPS) is 20.0. The van der Waals surface area contributed by atoms with E-state index in [1.54, 1.807) is 0 Å². The number of likely N-dealkylation sites (tertiary alicyclic amines) is 1. The van der Waals surface area contributed by atoms with Crippen LogP contribution in [0.4, 0.5) is 0 Å². The third kappa shape index (κ3) is 2.93. The Morgan fingerprint density at radius 1 is 1.28 bits per heavy atom. The van der Waals surface area contributed by atoms with Gasteiger partial charge in [-0.05, 0) is 63.9 Å². The van der Waals surface area contributed by atoms with E-state index < -0.39 is 0 Å². The minimum Gasteiger partial charge on any atom is -0.396 e. The number of benzene rings is 1. The summed E-state index contributed by atoms with van der Waals surface area (Å²) in [6, 6.07) is 6.61. The first-order chi connectivity index (χ1) is 8.61. The molecule has 1 unspecified atom stereocenters. The molecule has 0 aliphatic carbocycles. The van der Waals surface area contributed by atoms with Crippen LogP contribution in [0, 0.1) is 19.8 Å². The van der Waals surface area contributed by atoms with Crippen LogP contribution >= 0.6 is 0 Å². The number of hydrogen-bond donors (Lipinski definition) is 1. The molecule has 1 atom stereocenters. The van der Waals surface area contributed by atoms with Gasteiger partial charge in [-0.2, -0.15) is 0 Å². The molecule has 0 amide bonds. The Labute approximate surface area is 111 Å². The van der Waals surface area contributed by atoms with Gasteiger partial charge in [0.1, 0.15) is 0 Å². The molecule has 0 radical (unpaired) electrons. The smallest absolute Gasteiger partial charge is 0.0502 e. The molecule has 1 fully saturated rings. The van der Waals surface area contributed by atoms with E-state index in [9.17, 15) is 5.11 Å². The zero-order valence-electron chi connectivity index (χ0n) is 11.8. The first kappa shape index (κ1) is 13.6. The summed E-state index contributed by atoms with van der Waals surface area (Å²) in [5.74, 6) is 0.951. The predicted molar refractivity (Wildman–Crippen MR) is 76.0 cm³/mol. The molecule has 1 aromatic rings. The Hall–Kier alpha value is -0.860. The van der Waals surface area contributed by atoms with Gasteiger partial charge in [-0.3, -0.25) is 0 Å². The average molecular weight is 247 g/mol. The third-order valence-corrected chi connectivity index (χ3v) is 4.35. The van der Waals surface area contributed by atoms with Crippen LogP contribution in [0.5, 0.6) is 0 Å². The van der Waals surface area contributed by atoms with E-state index in [2.05, 4.69) is 44.0 Å². The van der Waals surface area contributed by atoms with Gasteiger partial charge in [-0.15, -0.1) is 0 Å². The first-order valence-corrected chi connectivity index (χ1v) is 6.98. The van der Waals surface area contributed by atoms with Crippen molar-refractivity contribution in [3.63, 3.8) is 0 Å². The minimum absolute atomic E-state index is 0.276. The Bertz CT molecular complexity index is 394. The summed E-state index contributed by atoms with van der Waals surface area (Å²) < 4.78 is 0. The van der Waals surface area contributed by atoms with Gasteiger partial charge < -0.3 is 10.0 Å². The molecule has 18 heavy (non-hydrogen) atoms. The molecular formula is C16H25NO. The Balaban J connectivity index is 2.17. The Morgan fingerprint density at radius 2 is 1.94 bits per heavy atom. The van der Waals surface area contributed by atoms with Gasteiger partial charge in [0.15, 0.2) is 0 Å². The topological polar surface area (TPSA) is 23.5 Å². The van der Waals surface area contributed by atoms with Gasteiger partial charge in [0.2, 0.25) is 0 Å². The number of piperidine rings is 1. The van der Waals surface area contributed by atoms with Crippen molar-refractivity contribution >= 4 is 0 Å². The Morgan fingerprint density at radius 3 is 2.50 bits per heavy atom. The molecule has 0 saturated carbocycles. The zero-order chi connectivity index (χ0) is 13.1. The number of aryl methyl sites for hydroxylation is 2. The Kier molecular flexibility index (Phi) is 4.41. The van der Waals surface area contributed by atoms with E-state index in [1.165, 1.54) is 29.5 Å². The van der Waals surface area contributed by atoms with E-state index in [4.69, 9.17) is 0 Å². The zero-order valence-corrected chi connectivity index (χ0v) is 11.8. The molecule has 1 saturated heterocycles. The molecule has 1 aliphatic heterocycles. The lowest BCUT2D eigenvalue weighted by molar-refractivity contribution is 0.156. The molecule has 0 aromatic heterocycles. The van der Waals surface area contributed by atoms with E-state index in [-0.39, 0.29) is 6.61 Å². The number of aliphatic hydroxyl groups excluding tert-OH is 1. The fraction of sp³-hybridized carbons (Fsp3) is 0.625. The van der Waals surface area contributed by atoms with Crippen molar-refractivity contribution < 1.29 is 5.11 Å². The second kappa shape index (κ2) is 5.85. The average Bonchev–Trinajstić information content (AvgIpc) is 2.35. The minimum atomic E-state index is 0.276. The van der Waals surface area contributed by atoms with Crippen LogP contribution in [0.2, 0.25) is 0 Å². The van der Waals surface area contributed by atoms with Gasteiger partial charge in [0.05, 0.1) is 6.61 Å².